The first-order valence-electron chi connectivity index (χ1n) is 8.68. The highest BCUT2D eigenvalue weighted by molar-refractivity contribution is 6.31. The second-order valence-electron chi connectivity index (χ2n) is 5.81. The average Bonchev–Trinajstić information content (AvgIpc) is 3.12. The predicted molar refractivity (Wildman–Crippen MR) is 114 cm³/mol. The number of aromatic nitrogens is 2. The van der Waals surface area contributed by atoms with Crippen LogP contribution in [0.25, 0.3) is 0 Å². The van der Waals surface area contributed by atoms with Crippen LogP contribution in [0.5, 0.6) is 0 Å². The summed E-state index contributed by atoms with van der Waals surface area (Å²) in [5, 5.41) is 4.27. The minimum absolute atomic E-state index is 0. The van der Waals surface area contributed by atoms with Gasteiger partial charge in [-0.25, -0.2) is 9.89 Å². The van der Waals surface area contributed by atoms with Gasteiger partial charge in [0.15, 0.2) is 0 Å². The molecule has 0 radical (unpaired) electrons. The lowest BCUT2D eigenvalue weighted by Crippen LogP contribution is -2.33. The molecular weight excluding hydrogens is 413 g/mol. The normalized spacial score (nSPS) is 11.1. The van der Waals surface area contributed by atoms with Crippen molar-refractivity contribution in [1.29, 1.82) is 0 Å². The van der Waals surface area contributed by atoms with Crippen molar-refractivity contribution in [3.63, 3.8) is 0 Å². The molecule has 0 saturated carbocycles. The highest BCUT2D eigenvalue weighted by Crippen LogP contribution is 2.28. The maximum atomic E-state index is 12.5. The molecule has 152 valence electrons. The van der Waals surface area contributed by atoms with Crippen molar-refractivity contribution in [3.8, 4) is 0 Å². The van der Waals surface area contributed by atoms with Crippen molar-refractivity contribution >= 4 is 30.1 Å². The topological polar surface area (TPSA) is 63.4 Å². The molecule has 0 fully saturated rings. The monoisotopic (exact) mass is 433 g/mol. The minimum atomic E-state index is -0.559. The zero-order valence-corrected chi connectivity index (χ0v) is 17.1. The lowest BCUT2D eigenvalue weighted by Gasteiger charge is -2.13. The van der Waals surface area contributed by atoms with E-state index in [4.69, 9.17) is 21.0 Å². The van der Waals surface area contributed by atoms with Crippen molar-refractivity contribution in [2.24, 2.45) is 0 Å². The van der Waals surface area contributed by atoms with Crippen molar-refractivity contribution in [2.45, 2.75) is 13.1 Å². The number of hydrogen-bond donors (Lipinski definition) is 1. The van der Waals surface area contributed by atoms with E-state index >= 15 is 0 Å². The standard InChI is InChI=1S/C21H20ClN3O3.ClH/c22-20-13-11-12-18-16-24(17-19(18)20)21(26)28-25-23-14-9-7-5-3-1-2-4-6-8-10-15-27-25;/h1-15,23H,16-17H2;1H. The van der Waals surface area contributed by atoms with Gasteiger partial charge in [0.05, 0.1) is 6.54 Å². The number of nitrogens with one attached hydrogen (secondary N) is 1. The summed E-state index contributed by atoms with van der Waals surface area (Å²) in [6.45, 7) is 0.815. The fourth-order valence-electron chi connectivity index (χ4n) is 2.53. The molecular formula is C21H21Cl2N3O3. The van der Waals surface area contributed by atoms with E-state index in [9.17, 15) is 4.79 Å². The predicted octanol–water partition coefficient (Wildman–Crippen LogP) is 5.42. The van der Waals surface area contributed by atoms with Gasteiger partial charge in [0.2, 0.25) is 0 Å². The molecule has 1 aliphatic rings. The zero-order chi connectivity index (χ0) is 19.6. The number of H-pyrrole nitrogens is 1. The highest BCUT2D eigenvalue weighted by Gasteiger charge is 2.26. The van der Waals surface area contributed by atoms with Crippen LogP contribution in [0.1, 0.15) is 11.1 Å². The molecule has 1 aromatic heterocycles. The van der Waals surface area contributed by atoms with Crippen LogP contribution >= 0.6 is 24.0 Å². The van der Waals surface area contributed by atoms with Crippen molar-refractivity contribution in [2.75, 3.05) is 0 Å². The van der Waals surface area contributed by atoms with Crippen LogP contribution in [0.15, 0.2) is 95.8 Å². The van der Waals surface area contributed by atoms with Gasteiger partial charge in [0, 0.05) is 22.8 Å². The second-order valence-corrected chi connectivity index (χ2v) is 6.22. The Kier molecular flexibility index (Phi) is 8.95. The maximum Gasteiger partial charge on any atom is 0.438 e. The fourth-order valence-corrected chi connectivity index (χ4v) is 2.78. The van der Waals surface area contributed by atoms with E-state index in [2.05, 4.69) is 5.10 Å². The van der Waals surface area contributed by atoms with E-state index in [-0.39, 0.29) is 12.4 Å². The van der Waals surface area contributed by atoms with Gasteiger partial charge in [0.25, 0.3) is 0 Å². The number of benzene rings is 1. The molecule has 1 N–H and O–H groups in total. The Hall–Kier alpha value is -3.09. The number of halogens is 2. The SMILES string of the molecule is Cl.O=C(On1[nH]cccccccccccco1)N1Cc2cccc(Cl)c2C1. The number of hydrogen-bond acceptors (Lipinski definition) is 3. The molecule has 0 spiro atoms. The van der Waals surface area contributed by atoms with Crippen LogP contribution in [0.2, 0.25) is 5.02 Å². The fraction of sp³-hybridized carbons (Fsp3) is 0.0952. The molecule has 1 aliphatic heterocycles. The number of amides is 1. The van der Waals surface area contributed by atoms with Crippen LogP contribution in [-0.4, -0.2) is 21.1 Å². The lowest BCUT2D eigenvalue weighted by atomic mass is 10.1. The average molecular weight is 434 g/mol. The number of aromatic amines is 1. The third kappa shape index (κ3) is 6.78. The van der Waals surface area contributed by atoms with Gasteiger partial charge in [-0.3, -0.25) is 9.74 Å². The first-order chi connectivity index (χ1) is 13.7. The van der Waals surface area contributed by atoms with E-state index in [0.717, 1.165) is 16.1 Å². The lowest BCUT2D eigenvalue weighted by molar-refractivity contribution is -0.0292. The van der Waals surface area contributed by atoms with Gasteiger partial charge in [-0.1, -0.05) is 72.3 Å². The Morgan fingerprint density at radius 1 is 0.931 bits per heavy atom. The summed E-state index contributed by atoms with van der Waals surface area (Å²) in [6.07, 6.45) is 2.41. The quantitative estimate of drug-likeness (QED) is 0.652. The molecule has 1 amide bonds. The molecule has 0 saturated heterocycles. The number of nitrogens with zero attached hydrogens (tertiary/aromatic N) is 2. The van der Waals surface area contributed by atoms with Gasteiger partial charge in [-0.05, 0) is 29.3 Å². The van der Waals surface area contributed by atoms with E-state index in [1.54, 1.807) is 29.3 Å². The molecule has 0 aliphatic carbocycles. The molecule has 3 rings (SSSR count). The van der Waals surface area contributed by atoms with Gasteiger partial charge in [-0.15, -0.1) is 12.4 Å². The Bertz CT molecular complexity index is 940. The van der Waals surface area contributed by atoms with Crippen LogP contribution in [0.4, 0.5) is 4.79 Å². The Labute approximate surface area is 179 Å². The van der Waals surface area contributed by atoms with E-state index in [1.807, 2.05) is 60.7 Å². The van der Waals surface area contributed by atoms with Gasteiger partial charge in [0.1, 0.15) is 6.26 Å². The number of fused-ring (bicyclic) bond motifs is 1. The van der Waals surface area contributed by atoms with Crippen molar-refractivity contribution in [3.05, 3.63) is 107 Å². The molecule has 2 heterocycles. The summed E-state index contributed by atoms with van der Waals surface area (Å²) in [6, 6.07) is 24.0. The first kappa shape index (κ1) is 22.2. The summed E-state index contributed by atoms with van der Waals surface area (Å²) in [5.74, 6) is 0. The van der Waals surface area contributed by atoms with E-state index in [0.29, 0.717) is 18.1 Å². The number of carbonyl (C=O) groups is 1. The summed E-state index contributed by atoms with van der Waals surface area (Å²) >= 11 is 6.20. The summed E-state index contributed by atoms with van der Waals surface area (Å²) in [4.78, 5) is 19.4. The molecule has 0 atom stereocenters. The number of rotatable bonds is 1. The second kappa shape index (κ2) is 11.7. The Morgan fingerprint density at radius 2 is 1.59 bits per heavy atom. The van der Waals surface area contributed by atoms with E-state index in [1.165, 1.54) is 6.26 Å². The third-order valence-corrected chi connectivity index (χ3v) is 4.21. The van der Waals surface area contributed by atoms with Crippen molar-refractivity contribution in [1.82, 2.24) is 15.0 Å². The minimum Gasteiger partial charge on any atom is -0.339 e. The summed E-state index contributed by atoms with van der Waals surface area (Å²) < 4.78 is 5.33. The van der Waals surface area contributed by atoms with Crippen LogP contribution < -0.4 is 4.84 Å². The third-order valence-electron chi connectivity index (χ3n) is 3.86. The first-order valence-corrected chi connectivity index (χ1v) is 9.06. The van der Waals surface area contributed by atoms with Crippen LogP contribution in [0.3, 0.4) is 0 Å². The van der Waals surface area contributed by atoms with Gasteiger partial charge >= 0.3 is 6.09 Å². The van der Waals surface area contributed by atoms with Gasteiger partial charge < -0.3 is 4.52 Å². The zero-order valence-electron chi connectivity index (χ0n) is 15.5. The Balaban J connectivity index is 0.00000300. The summed E-state index contributed by atoms with van der Waals surface area (Å²) in [5.41, 5.74) is 1.94. The maximum absolute atomic E-state index is 12.5. The molecule has 8 heteroatoms. The van der Waals surface area contributed by atoms with Crippen molar-refractivity contribution < 1.29 is 14.2 Å². The Morgan fingerprint density at radius 3 is 2.28 bits per heavy atom. The molecule has 0 bridgehead atoms. The molecule has 0 unspecified atom stereocenters. The summed E-state index contributed by atoms with van der Waals surface area (Å²) in [7, 11) is 0. The van der Waals surface area contributed by atoms with Gasteiger partial charge in [-0.2, -0.15) is 0 Å². The largest absolute Gasteiger partial charge is 0.438 e. The number of carbonyl (C=O) groups excluding carboxylic acids is 1. The van der Waals surface area contributed by atoms with Crippen LogP contribution in [-0.2, 0) is 13.1 Å². The smallest absolute Gasteiger partial charge is 0.339 e. The highest BCUT2D eigenvalue weighted by atomic mass is 35.5. The van der Waals surface area contributed by atoms with Crippen LogP contribution in [0, 0.1) is 0 Å². The molecule has 29 heavy (non-hydrogen) atoms. The van der Waals surface area contributed by atoms with E-state index < -0.39 is 6.09 Å². The molecule has 2 aromatic rings. The molecule has 1 aromatic carbocycles. The molecule has 6 nitrogen and oxygen atoms in total.